The quantitative estimate of drug-likeness (QED) is 0.873. The van der Waals surface area contributed by atoms with E-state index >= 15 is 0 Å². The minimum atomic E-state index is -3.44. The first-order valence-electron chi connectivity index (χ1n) is 8.26. The molecular weight excluding hydrogens is 330 g/mol. The lowest BCUT2D eigenvalue weighted by atomic mass is 9.97. The van der Waals surface area contributed by atoms with E-state index < -0.39 is 10.2 Å². The molecule has 8 heteroatoms. The van der Waals surface area contributed by atoms with Crippen molar-refractivity contribution < 1.29 is 17.9 Å². The molecule has 1 N–H and O–H groups in total. The number of anilines is 1. The molecule has 1 amide bonds. The summed E-state index contributed by atoms with van der Waals surface area (Å²) in [6.45, 7) is 2.44. The summed E-state index contributed by atoms with van der Waals surface area (Å²) in [6, 6.07) is 9.32. The van der Waals surface area contributed by atoms with Crippen LogP contribution in [0.2, 0.25) is 0 Å². The van der Waals surface area contributed by atoms with Crippen LogP contribution in [0.5, 0.6) is 0 Å². The minimum Gasteiger partial charge on any atom is -0.379 e. The predicted molar refractivity (Wildman–Crippen MR) is 90.7 cm³/mol. The van der Waals surface area contributed by atoms with Gasteiger partial charge >= 0.3 is 0 Å². The summed E-state index contributed by atoms with van der Waals surface area (Å²) >= 11 is 0. The van der Waals surface area contributed by atoms with Gasteiger partial charge in [0.2, 0.25) is 5.91 Å². The van der Waals surface area contributed by atoms with Crippen molar-refractivity contribution in [3.63, 3.8) is 0 Å². The lowest BCUT2D eigenvalue weighted by Crippen LogP contribution is -2.51. The van der Waals surface area contributed by atoms with E-state index in [4.69, 9.17) is 4.74 Å². The molecule has 2 saturated heterocycles. The third kappa shape index (κ3) is 3.94. The lowest BCUT2D eigenvalue weighted by Gasteiger charge is -2.35. The van der Waals surface area contributed by atoms with Gasteiger partial charge in [0.15, 0.2) is 0 Å². The summed E-state index contributed by atoms with van der Waals surface area (Å²) in [5.74, 6) is -0.189. The first-order chi connectivity index (χ1) is 11.6. The molecule has 132 valence electrons. The number of nitrogens with zero attached hydrogens (tertiary/aromatic N) is 2. The molecule has 3 rings (SSSR count). The van der Waals surface area contributed by atoms with Crippen LogP contribution in [0.1, 0.15) is 12.8 Å². The highest BCUT2D eigenvalue weighted by Gasteiger charge is 2.35. The van der Waals surface area contributed by atoms with Crippen LogP contribution in [0.3, 0.4) is 0 Å². The molecule has 7 nitrogen and oxygen atoms in total. The molecule has 0 atom stereocenters. The van der Waals surface area contributed by atoms with Gasteiger partial charge in [0, 0.05) is 37.8 Å². The Kier molecular flexibility index (Phi) is 5.50. The molecule has 2 fully saturated rings. The summed E-state index contributed by atoms with van der Waals surface area (Å²) in [6.07, 6.45) is 1.09. The molecule has 2 aliphatic heterocycles. The molecular formula is C16H23N3O4S. The monoisotopic (exact) mass is 353 g/mol. The highest BCUT2D eigenvalue weighted by atomic mass is 32.2. The van der Waals surface area contributed by atoms with Crippen molar-refractivity contribution in [3.8, 4) is 0 Å². The Morgan fingerprint density at radius 2 is 1.58 bits per heavy atom. The molecule has 0 spiro atoms. The Bertz CT molecular complexity index is 651. The van der Waals surface area contributed by atoms with E-state index in [1.165, 1.54) is 8.61 Å². The van der Waals surface area contributed by atoms with Gasteiger partial charge in [0.1, 0.15) is 0 Å². The number of nitrogens with one attached hydrogen (secondary N) is 1. The molecule has 24 heavy (non-hydrogen) atoms. The Hall–Kier alpha value is -1.48. The van der Waals surface area contributed by atoms with Crippen LogP contribution in [-0.2, 0) is 19.7 Å². The smallest absolute Gasteiger partial charge is 0.282 e. The van der Waals surface area contributed by atoms with E-state index in [0.29, 0.717) is 52.2 Å². The average Bonchev–Trinajstić information content (AvgIpc) is 2.63. The molecule has 1 aromatic carbocycles. The van der Waals surface area contributed by atoms with E-state index in [0.717, 1.165) is 5.69 Å². The number of carbonyl (C=O) groups is 1. The number of benzene rings is 1. The molecule has 2 aliphatic rings. The number of ether oxygens (including phenoxy) is 1. The van der Waals surface area contributed by atoms with E-state index in [1.807, 2.05) is 30.3 Å². The largest absolute Gasteiger partial charge is 0.379 e. The number of piperidine rings is 1. The van der Waals surface area contributed by atoms with Crippen LogP contribution in [0.15, 0.2) is 30.3 Å². The molecule has 2 heterocycles. The van der Waals surface area contributed by atoms with Crippen LogP contribution in [0.25, 0.3) is 0 Å². The van der Waals surface area contributed by atoms with Gasteiger partial charge in [-0.1, -0.05) is 18.2 Å². The second-order valence-corrected chi connectivity index (χ2v) is 7.98. The van der Waals surface area contributed by atoms with E-state index in [2.05, 4.69) is 5.32 Å². The second-order valence-electron chi connectivity index (χ2n) is 6.05. The SMILES string of the molecule is O=C(Nc1ccccc1)C1CCN(S(=O)(=O)N2CCOCC2)CC1. The van der Waals surface area contributed by atoms with Crippen molar-refractivity contribution >= 4 is 21.8 Å². The fourth-order valence-corrected chi connectivity index (χ4v) is 4.66. The van der Waals surface area contributed by atoms with Gasteiger partial charge in [0.25, 0.3) is 10.2 Å². The topological polar surface area (TPSA) is 79.0 Å². The number of carbonyl (C=O) groups excluding carboxylic acids is 1. The maximum Gasteiger partial charge on any atom is 0.282 e. The molecule has 0 radical (unpaired) electrons. The Balaban J connectivity index is 1.54. The van der Waals surface area contributed by atoms with Gasteiger partial charge in [-0.05, 0) is 25.0 Å². The van der Waals surface area contributed by atoms with Gasteiger partial charge in [-0.3, -0.25) is 4.79 Å². The van der Waals surface area contributed by atoms with Crippen molar-refractivity contribution in [2.45, 2.75) is 12.8 Å². The van der Waals surface area contributed by atoms with Crippen LogP contribution < -0.4 is 5.32 Å². The van der Waals surface area contributed by atoms with Crippen molar-refractivity contribution in [2.24, 2.45) is 5.92 Å². The van der Waals surface area contributed by atoms with Crippen molar-refractivity contribution in [1.82, 2.24) is 8.61 Å². The third-order valence-corrected chi connectivity index (χ3v) is 6.52. The van der Waals surface area contributed by atoms with Gasteiger partial charge in [-0.25, -0.2) is 0 Å². The Labute approximate surface area is 142 Å². The molecule has 0 unspecified atom stereocenters. The van der Waals surface area contributed by atoms with E-state index in [9.17, 15) is 13.2 Å². The maximum absolute atomic E-state index is 12.6. The summed E-state index contributed by atoms with van der Waals surface area (Å²) in [5.41, 5.74) is 0.769. The number of para-hydroxylation sites is 1. The van der Waals surface area contributed by atoms with Crippen molar-refractivity contribution in [3.05, 3.63) is 30.3 Å². The van der Waals surface area contributed by atoms with Crippen LogP contribution in [0, 0.1) is 5.92 Å². The fourth-order valence-electron chi connectivity index (χ4n) is 3.06. The number of hydrogen-bond donors (Lipinski definition) is 1. The molecule has 0 saturated carbocycles. The summed E-state index contributed by atoms with van der Waals surface area (Å²) < 4.78 is 33.4. The van der Waals surface area contributed by atoms with Crippen LogP contribution >= 0.6 is 0 Å². The number of amides is 1. The van der Waals surface area contributed by atoms with Gasteiger partial charge in [-0.2, -0.15) is 17.0 Å². The van der Waals surface area contributed by atoms with E-state index in [1.54, 1.807) is 0 Å². The Morgan fingerprint density at radius 1 is 1.00 bits per heavy atom. The van der Waals surface area contributed by atoms with Crippen LogP contribution in [0.4, 0.5) is 5.69 Å². The lowest BCUT2D eigenvalue weighted by molar-refractivity contribution is -0.120. The average molecular weight is 353 g/mol. The van der Waals surface area contributed by atoms with Crippen LogP contribution in [-0.4, -0.2) is 62.3 Å². The zero-order valence-electron chi connectivity index (χ0n) is 13.6. The molecule has 1 aromatic rings. The summed E-state index contributed by atoms with van der Waals surface area (Å²) in [4.78, 5) is 12.3. The normalized spacial score (nSPS) is 21.5. The fraction of sp³-hybridized carbons (Fsp3) is 0.562. The molecule has 0 aliphatic carbocycles. The van der Waals surface area contributed by atoms with Gasteiger partial charge in [-0.15, -0.1) is 0 Å². The van der Waals surface area contributed by atoms with Crippen molar-refractivity contribution in [1.29, 1.82) is 0 Å². The molecule has 0 aromatic heterocycles. The number of morpholine rings is 1. The standard InChI is InChI=1S/C16H23N3O4S/c20-16(17-15-4-2-1-3-5-15)14-6-8-18(9-7-14)24(21,22)19-10-12-23-13-11-19/h1-5,14H,6-13H2,(H,17,20). The molecule has 0 bridgehead atoms. The van der Waals surface area contributed by atoms with E-state index in [-0.39, 0.29) is 11.8 Å². The number of rotatable bonds is 4. The number of hydrogen-bond acceptors (Lipinski definition) is 4. The highest BCUT2D eigenvalue weighted by Crippen LogP contribution is 2.23. The maximum atomic E-state index is 12.6. The predicted octanol–water partition coefficient (Wildman–Crippen LogP) is 0.914. The van der Waals surface area contributed by atoms with Gasteiger partial charge in [0.05, 0.1) is 13.2 Å². The van der Waals surface area contributed by atoms with Crippen molar-refractivity contribution in [2.75, 3.05) is 44.7 Å². The summed E-state index contributed by atoms with van der Waals surface area (Å²) in [7, 11) is -3.44. The third-order valence-electron chi connectivity index (χ3n) is 4.49. The first kappa shape index (κ1) is 17.3. The zero-order valence-corrected chi connectivity index (χ0v) is 14.4. The summed E-state index contributed by atoms with van der Waals surface area (Å²) in [5, 5.41) is 2.89. The first-order valence-corrected chi connectivity index (χ1v) is 9.66. The Morgan fingerprint density at radius 3 is 2.21 bits per heavy atom. The highest BCUT2D eigenvalue weighted by molar-refractivity contribution is 7.86. The minimum absolute atomic E-state index is 0.0374. The second kappa shape index (κ2) is 7.60. The zero-order chi connectivity index (χ0) is 17.0. The van der Waals surface area contributed by atoms with Gasteiger partial charge < -0.3 is 10.1 Å².